The Morgan fingerprint density at radius 1 is 1.19 bits per heavy atom. The van der Waals surface area contributed by atoms with E-state index in [-0.39, 0.29) is 27.4 Å². The lowest BCUT2D eigenvalue weighted by Crippen LogP contribution is -2.06. The summed E-state index contributed by atoms with van der Waals surface area (Å²) in [5.41, 5.74) is 4.52. The van der Waals surface area contributed by atoms with E-state index < -0.39 is 22.9 Å². The van der Waals surface area contributed by atoms with Crippen molar-refractivity contribution in [1.29, 1.82) is 0 Å². The zero-order valence-corrected chi connectivity index (χ0v) is 13.6. The topological polar surface area (TPSA) is 89.3 Å². The van der Waals surface area contributed by atoms with Crippen LogP contribution in [0.4, 0.5) is 18.3 Å². The Hall–Kier alpha value is -3.07. The quantitative estimate of drug-likeness (QED) is 0.513. The summed E-state index contributed by atoms with van der Waals surface area (Å²) in [5, 5.41) is 10.6. The summed E-state index contributed by atoms with van der Waals surface area (Å²) in [5.74, 6) is -1.10. The minimum Gasteiger partial charge on any atom is -0.502 e. The predicted octanol–water partition coefficient (Wildman–Crippen LogP) is 4.38. The lowest BCUT2D eigenvalue weighted by molar-refractivity contribution is -0.137. The van der Waals surface area contributed by atoms with Crippen LogP contribution in [0.2, 0.25) is 0 Å². The van der Waals surface area contributed by atoms with Crippen molar-refractivity contribution in [1.82, 2.24) is 4.98 Å². The van der Waals surface area contributed by atoms with Gasteiger partial charge in [0.25, 0.3) is 0 Å². The van der Waals surface area contributed by atoms with Gasteiger partial charge in [-0.3, -0.25) is 4.79 Å². The first-order valence-corrected chi connectivity index (χ1v) is 8.10. The molecule has 0 unspecified atom stereocenters. The van der Waals surface area contributed by atoms with Gasteiger partial charge in [-0.25, -0.2) is 4.98 Å². The number of benzene rings is 2. The highest BCUT2D eigenvalue weighted by Gasteiger charge is 2.31. The molecule has 4 aromatic rings. The molecule has 9 heteroatoms. The van der Waals surface area contributed by atoms with E-state index in [4.69, 9.17) is 10.2 Å². The maximum atomic E-state index is 12.9. The van der Waals surface area contributed by atoms with E-state index in [0.29, 0.717) is 10.2 Å². The maximum absolute atomic E-state index is 12.9. The normalized spacial score (nSPS) is 12.1. The Kier molecular flexibility index (Phi) is 3.45. The monoisotopic (exact) mass is 378 g/mol. The van der Waals surface area contributed by atoms with Crippen molar-refractivity contribution in [2.24, 2.45) is 0 Å². The summed E-state index contributed by atoms with van der Waals surface area (Å²) in [6.45, 7) is 0. The molecule has 5 nitrogen and oxygen atoms in total. The van der Waals surface area contributed by atoms with Gasteiger partial charge in [-0.2, -0.15) is 13.2 Å². The Labute approximate surface area is 147 Å². The van der Waals surface area contributed by atoms with Crippen molar-refractivity contribution < 1.29 is 22.7 Å². The van der Waals surface area contributed by atoms with Crippen LogP contribution in [0.3, 0.4) is 0 Å². The van der Waals surface area contributed by atoms with Crippen molar-refractivity contribution in [3.8, 4) is 17.1 Å². The molecule has 0 radical (unpaired) electrons. The summed E-state index contributed by atoms with van der Waals surface area (Å²) in [7, 11) is 0. The van der Waals surface area contributed by atoms with Crippen LogP contribution in [0.15, 0.2) is 45.6 Å². The summed E-state index contributed by atoms with van der Waals surface area (Å²) < 4.78 is 44.8. The summed E-state index contributed by atoms with van der Waals surface area (Å²) >= 11 is 1.06. The summed E-state index contributed by atoms with van der Waals surface area (Å²) in [4.78, 5) is 16.7. The van der Waals surface area contributed by atoms with Gasteiger partial charge in [-0.1, -0.05) is 23.5 Å². The first-order valence-electron chi connectivity index (χ1n) is 7.28. The van der Waals surface area contributed by atoms with Gasteiger partial charge in [0.15, 0.2) is 10.9 Å². The third-order valence-electron chi connectivity index (χ3n) is 3.86. The van der Waals surface area contributed by atoms with Gasteiger partial charge in [-0.05, 0) is 24.3 Å². The Morgan fingerprint density at radius 3 is 2.69 bits per heavy atom. The SMILES string of the molecule is Nc1nc2ccc3oc(-c4cccc(C(F)(F)F)c4)c(O)c(=O)c3c2s1. The number of nitrogen functional groups attached to an aromatic ring is 1. The van der Waals surface area contributed by atoms with Crippen LogP contribution >= 0.6 is 11.3 Å². The molecule has 0 aliphatic heterocycles. The molecule has 26 heavy (non-hydrogen) atoms. The van der Waals surface area contributed by atoms with E-state index in [9.17, 15) is 23.1 Å². The van der Waals surface area contributed by atoms with Crippen LogP contribution in [0.5, 0.6) is 5.75 Å². The molecule has 0 spiro atoms. The van der Waals surface area contributed by atoms with E-state index in [1.54, 1.807) is 6.07 Å². The second-order valence-electron chi connectivity index (χ2n) is 5.53. The number of anilines is 1. The third kappa shape index (κ3) is 2.48. The molecule has 0 bridgehead atoms. The largest absolute Gasteiger partial charge is 0.502 e. The highest BCUT2D eigenvalue weighted by atomic mass is 32.1. The van der Waals surface area contributed by atoms with E-state index in [0.717, 1.165) is 23.5 Å². The van der Waals surface area contributed by atoms with Gasteiger partial charge in [0.2, 0.25) is 11.2 Å². The molecule has 2 aromatic carbocycles. The molecule has 0 aliphatic carbocycles. The standard InChI is InChI=1S/C17H9F3N2O3S/c18-17(19,20)8-3-1-2-7(6-8)14-13(24)12(23)11-10(25-14)5-4-9-15(11)26-16(21)22-9/h1-6,24H,(H2,21,22). The molecule has 0 amide bonds. The lowest BCUT2D eigenvalue weighted by atomic mass is 10.1. The molecular formula is C17H9F3N2O3S. The van der Waals surface area contributed by atoms with Crippen LogP contribution in [0.1, 0.15) is 5.56 Å². The predicted molar refractivity (Wildman–Crippen MR) is 92.2 cm³/mol. The molecule has 0 saturated heterocycles. The number of nitrogens with two attached hydrogens (primary N) is 1. The molecule has 0 fully saturated rings. The average molecular weight is 378 g/mol. The van der Waals surface area contributed by atoms with Gasteiger partial charge in [0.05, 0.1) is 21.2 Å². The fourth-order valence-electron chi connectivity index (χ4n) is 2.70. The molecule has 132 valence electrons. The van der Waals surface area contributed by atoms with Crippen molar-refractivity contribution in [2.45, 2.75) is 6.18 Å². The maximum Gasteiger partial charge on any atom is 0.416 e. The second-order valence-corrected chi connectivity index (χ2v) is 6.56. The van der Waals surface area contributed by atoms with Gasteiger partial charge < -0.3 is 15.3 Å². The summed E-state index contributed by atoms with van der Waals surface area (Å²) in [6.07, 6.45) is -4.56. The van der Waals surface area contributed by atoms with E-state index in [2.05, 4.69) is 4.98 Å². The van der Waals surface area contributed by atoms with Crippen molar-refractivity contribution >= 4 is 37.7 Å². The molecular weight excluding hydrogens is 369 g/mol. The smallest absolute Gasteiger partial charge is 0.416 e. The number of hydrogen-bond acceptors (Lipinski definition) is 6. The number of fused-ring (bicyclic) bond motifs is 3. The van der Waals surface area contributed by atoms with Crippen molar-refractivity contribution in [3.05, 3.63) is 52.2 Å². The van der Waals surface area contributed by atoms with Crippen molar-refractivity contribution in [3.63, 3.8) is 0 Å². The second kappa shape index (κ2) is 5.46. The first kappa shape index (κ1) is 16.4. The number of alkyl halides is 3. The fourth-order valence-corrected chi connectivity index (χ4v) is 3.57. The third-order valence-corrected chi connectivity index (χ3v) is 4.78. The number of hydrogen-bond donors (Lipinski definition) is 2. The fraction of sp³-hybridized carbons (Fsp3) is 0.0588. The van der Waals surface area contributed by atoms with Crippen LogP contribution in [-0.4, -0.2) is 10.1 Å². The Morgan fingerprint density at radius 2 is 1.96 bits per heavy atom. The zero-order valence-electron chi connectivity index (χ0n) is 12.8. The number of thiazole rings is 1. The number of rotatable bonds is 1. The van der Waals surface area contributed by atoms with Crippen molar-refractivity contribution in [2.75, 3.05) is 5.73 Å². The minimum atomic E-state index is -4.56. The average Bonchev–Trinajstić information content (AvgIpc) is 2.97. The molecule has 0 aliphatic rings. The number of aromatic nitrogens is 1. The van der Waals surface area contributed by atoms with Crippen LogP contribution in [-0.2, 0) is 6.18 Å². The summed E-state index contributed by atoms with van der Waals surface area (Å²) in [6, 6.07) is 7.25. The number of nitrogens with zero attached hydrogens (tertiary/aromatic N) is 1. The van der Waals surface area contributed by atoms with Crippen LogP contribution in [0, 0.1) is 0 Å². The Balaban J connectivity index is 2.02. The first-order chi connectivity index (χ1) is 12.3. The van der Waals surface area contributed by atoms with E-state index in [1.807, 2.05) is 0 Å². The molecule has 4 rings (SSSR count). The highest BCUT2D eigenvalue weighted by molar-refractivity contribution is 7.23. The molecule has 2 heterocycles. The van der Waals surface area contributed by atoms with Gasteiger partial charge in [0.1, 0.15) is 5.58 Å². The minimum absolute atomic E-state index is 0.0553. The van der Waals surface area contributed by atoms with E-state index >= 15 is 0 Å². The molecule has 0 atom stereocenters. The van der Waals surface area contributed by atoms with Crippen LogP contribution in [0.25, 0.3) is 32.5 Å². The van der Waals surface area contributed by atoms with Crippen LogP contribution < -0.4 is 11.2 Å². The Bertz CT molecular complexity index is 1230. The molecule has 2 aromatic heterocycles. The van der Waals surface area contributed by atoms with Gasteiger partial charge in [0, 0.05) is 5.56 Å². The number of halogens is 3. The molecule has 3 N–H and O–H groups in total. The van der Waals surface area contributed by atoms with Gasteiger partial charge in [-0.15, -0.1) is 0 Å². The zero-order chi connectivity index (χ0) is 18.6. The number of aromatic hydroxyl groups is 1. The lowest BCUT2D eigenvalue weighted by Gasteiger charge is -2.10. The highest BCUT2D eigenvalue weighted by Crippen LogP contribution is 2.37. The van der Waals surface area contributed by atoms with E-state index in [1.165, 1.54) is 18.2 Å². The molecule has 0 saturated carbocycles. The van der Waals surface area contributed by atoms with Gasteiger partial charge >= 0.3 is 6.18 Å².